The highest BCUT2D eigenvalue weighted by Gasteiger charge is 2.22. The third kappa shape index (κ3) is 3.44. The first-order valence-electron chi connectivity index (χ1n) is 9.46. The van der Waals surface area contributed by atoms with Crippen LogP contribution in [0.15, 0.2) is 30.5 Å². The lowest BCUT2D eigenvalue weighted by Gasteiger charge is -2.22. The molecule has 2 heterocycles. The number of pyridine rings is 1. The van der Waals surface area contributed by atoms with Gasteiger partial charge in [-0.15, -0.1) is 0 Å². The number of carbonyl (C=O) groups is 1. The van der Waals surface area contributed by atoms with Gasteiger partial charge in [-0.2, -0.15) is 5.10 Å². The van der Waals surface area contributed by atoms with Crippen LogP contribution in [0.1, 0.15) is 53.7 Å². The van der Waals surface area contributed by atoms with Gasteiger partial charge in [-0.1, -0.05) is 48.6 Å². The largest absolute Gasteiger partial charge is 0.349 e. The molecule has 6 heteroatoms. The molecule has 27 heavy (non-hydrogen) atoms. The maximum Gasteiger partial charge on any atom is 0.254 e. The minimum Gasteiger partial charge on any atom is -0.349 e. The molecule has 1 aliphatic rings. The molecule has 0 saturated heterocycles. The number of rotatable bonds is 3. The highest BCUT2D eigenvalue weighted by Crippen LogP contribution is 2.30. The van der Waals surface area contributed by atoms with E-state index in [1.165, 1.54) is 24.8 Å². The Morgan fingerprint density at radius 2 is 1.85 bits per heavy atom. The van der Waals surface area contributed by atoms with E-state index in [2.05, 4.69) is 15.4 Å². The molecule has 1 amide bonds. The van der Waals surface area contributed by atoms with Crippen LogP contribution in [0.2, 0.25) is 5.02 Å². The van der Waals surface area contributed by atoms with Gasteiger partial charge in [0.05, 0.1) is 27.4 Å². The van der Waals surface area contributed by atoms with Crippen LogP contribution in [0, 0.1) is 13.8 Å². The van der Waals surface area contributed by atoms with Gasteiger partial charge in [0, 0.05) is 12.2 Å². The number of hydrogen-bond acceptors (Lipinski definition) is 3. The minimum atomic E-state index is -0.149. The quantitative estimate of drug-likeness (QED) is 0.710. The standard InChI is InChI=1S/C21H23ClN4O/c1-13-8-10-16(11-9-13)26-20-18(14(2)25-26)19(22)17(12-23-20)21(27)24-15-6-4-3-5-7-15/h8-12,15H,3-7H2,1-2H3,(H,24,27). The molecule has 1 fully saturated rings. The van der Waals surface area contributed by atoms with Gasteiger partial charge in [-0.25, -0.2) is 9.67 Å². The van der Waals surface area contributed by atoms with Crippen LogP contribution < -0.4 is 5.32 Å². The summed E-state index contributed by atoms with van der Waals surface area (Å²) in [6.45, 7) is 3.94. The number of hydrogen-bond donors (Lipinski definition) is 1. The number of aryl methyl sites for hydroxylation is 2. The first-order valence-corrected chi connectivity index (χ1v) is 9.84. The molecule has 4 rings (SSSR count). The Balaban J connectivity index is 1.70. The molecule has 0 spiro atoms. The topological polar surface area (TPSA) is 59.8 Å². The number of nitrogens with one attached hydrogen (secondary N) is 1. The molecule has 0 bridgehead atoms. The fourth-order valence-corrected chi connectivity index (χ4v) is 4.10. The van der Waals surface area contributed by atoms with E-state index in [0.29, 0.717) is 16.2 Å². The van der Waals surface area contributed by atoms with Crippen molar-refractivity contribution >= 4 is 28.5 Å². The second kappa shape index (κ2) is 7.31. The second-order valence-corrected chi connectivity index (χ2v) is 7.70. The van der Waals surface area contributed by atoms with Gasteiger partial charge in [-0.05, 0) is 38.8 Å². The van der Waals surface area contributed by atoms with Crippen LogP contribution in [-0.2, 0) is 0 Å². The van der Waals surface area contributed by atoms with Crippen molar-refractivity contribution in [2.24, 2.45) is 0 Å². The van der Waals surface area contributed by atoms with E-state index in [1.807, 2.05) is 38.1 Å². The predicted octanol–water partition coefficient (Wildman–Crippen LogP) is 4.75. The Labute approximate surface area is 163 Å². The fourth-order valence-electron chi connectivity index (χ4n) is 3.74. The summed E-state index contributed by atoms with van der Waals surface area (Å²) in [6.07, 6.45) is 7.20. The second-order valence-electron chi connectivity index (χ2n) is 7.33. The lowest BCUT2D eigenvalue weighted by molar-refractivity contribution is 0.0927. The van der Waals surface area contributed by atoms with E-state index in [-0.39, 0.29) is 11.9 Å². The fraction of sp³-hybridized carbons (Fsp3) is 0.381. The number of benzene rings is 1. The van der Waals surface area contributed by atoms with E-state index in [9.17, 15) is 4.79 Å². The van der Waals surface area contributed by atoms with E-state index in [1.54, 1.807) is 10.9 Å². The summed E-state index contributed by atoms with van der Waals surface area (Å²) in [7, 11) is 0. The van der Waals surface area contributed by atoms with Gasteiger partial charge in [-0.3, -0.25) is 4.79 Å². The van der Waals surface area contributed by atoms with E-state index in [0.717, 1.165) is 29.6 Å². The van der Waals surface area contributed by atoms with Crippen molar-refractivity contribution in [1.82, 2.24) is 20.1 Å². The van der Waals surface area contributed by atoms with Crippen LogP contribution in [-0.4, -0.2) is 26.7 Å². The zero-order valence-corrected chi connectivity index (χ0v) is 16.4. The summed E-state index contributed by atoms with van der Waals surface area (Å²) in [5.41, 5.74) is 3.94. The van der Waals surface area contributed by atoms with Crippen molar-refractivity contribution in [2.75, 3.05) is 0 Å². The first kappa shape index (κ1) is 18.0. The van der Waals surface area contributed by atoms with Crippen molar-refractivity contribution in [3.63, 3.8) is 0 Å². The molecular formula is C21H23ClN4O. The Bertz CT molecular complexity index is 988. The maximum atomic E-state index is 12.7. The average Bonchev–Trinajstić information content (AvgIpc) is 3.01. The number of halogens is 1. The third-order valence-electron chi connectivity index (χ3n) is 5.27. The van der Waals surface area contributed by atoms with Gasteiger partial charge < -0.3 is 5.32 Å². The van der Waals surface area contributed by atoms with Gasteiger partial charge in [0.2, 0.25) is 0 Å². The summed E-state index contributed by atoms with van der Waals surface area (Å²) in [4.78, 5) is 17.3. The number of carbonyl (C=O) groups excluding carboxylic acids is 1. The summed E-state index contributed by atoms with van der Waals surface area (Å²) < 4.78 is 1.78. The summed E-state index contributed by atoms with van der Waals surface area (Å²) in [6, 6.07) is 8.30. The van der Waals surface area contributed by atoms with Crippen LogP contribution in [0.5, 0.6) is 0 Å². The zero-order valence-electron chi connectivity index (χ0n) is 15.6. The molecule has 3 aromatic rings. The first-order chi connectivity index (χ1) is 13.0. The number of aromatic nitrogens is 3. The summed E-state index contributed by atoms with van der Waals surface area (Å²) in [5, 5.41) is 8.87. The Kier molecular flexibility index (Phi) is 4.87. The van der Waals surface area contributed by atoms with Crippen molar-refractivity contribution in [3.8, 4) is 5.69 Å². The molecule has 1 N–H and O–H groups in total. The van der Waals surface area contributed by atoms with Crippen molar-refractivity contribution in [1.29, 1.82) is 0 Å². The van der Waals surface area contributed by atoms with Gasteiger partial charge in [0.1, 0.15) is 0 Å². The normalized spacial score (nSPS) is 15.2. The average molecular weight is 383 g/mol. The van der Waals surface area contributed by atoms with E-state index in [4.69, 9.17) is 11.6 Å². The molecule has 1 saturated carbocycles. The van der Waals surface area contributed by atoms with E-state index < -0.39 is 0 Å². The molecule has 0 atom stereocenters. The Hall–Kier alpha value is -2.40. The van der Waals surface area contributed by atoms with Crippen LogP contribution in [0.4, 0.5) is 0 Å². The summed E-state index contributed by atoms with van der Waals surface area (Å²) in [5.74, 6) is -0.149. The maximum absolute atomic E-state index is 12.7. The molecule has 1 aromatic carbocycles. The van der Waals surface area contributed by atoms with Crippen molar-refractivity contribution < 1.29 is 4.79 Å². The molecule has 2 aromatic heterocycles. The predicted molar refractivity (Wildman–Crippen MR) is 108 cm³/mol. The molecule has 0 unspecified atom stereocenters. The highest BCUT2D eigenvalue weighted by atomic mass is 35.5. The van der Waals surface area contributed by atoms with Crippen LogP contribution in [0.25, 0.3) is 16.7 Å². The van der Waals surface area contributed by atoms with E-state index >= 15 is 0 Å². The minimum absolute atomic E-state index is 0.149. The van der Waals surface area contributed by atoms with Gasteiger partial charge >= 0.3 is 0 Å². The number of amides is 1. The van der Waals surface area contributed by atoms with Crippen LogP contribution >= 0.6 is 11.6 Å². The van der Waals surface area contributed by atoms with Crippen LogP contribution in [0.3, 0.4) is 0 Å². The van der Waals surface area contributed by atoms with Gasteiger partial charge in [0.15, 0.2) is 5.65 Å². The number of nitrogens with zero attached hydrogens (tertiary/aromatic N) is 3. The van der Waals surface area contributed by atoms with Crippen molar-refractivity contribution in [3.05, 3.63) is 52.3 Å². The molecule has 0 radical (unpaired) electrons. The van der Waals surface area contributed by atoms with Crippen molar-refractivity contribution in [2.45, 2.75) is 52.0 Å². The molecular weight excluding hydrogens is 360 g/mol. The zero-order chi connectivity index (χ0) is 19.0. The SMILES string of the molecule is Cc1ccc(-n2nc(C)c3c(Cl)c(C(=O)NC4CCCCC4)cnc32)cc1. The third-order valence-corrected chi connectivity index (χ3v) is 5.66. The Morgan fingerprint density at radius 1 is 1.15 bits per heavy atom. The molecule has 140 valence electrons. The lowest BCUT2D eigenvalue weighted by Crippen LogP contribution is -2.36. The smallest absolute Gasteiger partial charge is 0.254 e. The highest BCUT2D eigenvalue weighted by molar-refractivity contribution is 6.38. The summed E-state index contributed by atoms with van der Waals surface area (Å²) >= 11 is 6.63. The molecule has 5 nitrogen and oxygen atoms in total. The van der Waals surface area contributed by atoms with Gasteiger partial charge in [0.25, 0.3) is 5.91 Å². The molecule has 0 aliphatic heterocycles. The Morgan fingerprint density at radius 3 is 2.56 bits per heavy atom. The molecule has 1 aliphatic carbocycles. The number of fused-ring (bicyclic) bond motifs is 1. The lowest BCUT2D eigenvalue weighted by atomic mass is 9.95. The monoisotopic (exact) mass is 382 g/mol.